The highest BCUT2D eigenvalue weighted by molar-refractivity contribution is 8.15. The first-order valence-electron chi connectivity index (χ1n) is 11.5. The lowest BCUT2D eigenvalue weighted by Crippen LogP contribution is -2.33. The van der Waals surface area contributed by atoms with Gasteiger partial charge in [0.25, 0.3) is 0 Å². The van der Waals surface area contributed by atoms with Crippen LogP contribution in [0, 0.1) is 0 Å². The Morgan fingerprint density at radius 1 is 0.821 bits per heavy atom. The van der Waals surface area contributed by atoms with Crippen LogP contribution in [0.1, 0.15) is 40.3 Å². The fraction of sp³-hybridized carbons (Fsp3) is 0.360. The summed E-state index contributed by atoms with van der Waals surface area (Å²) in [6.07, 6.45) is 0. The van der Waals surface area contributed by atoms with Crippen molar-refractivity contribution in [2.75, 3.05) is 11.5 Å². The number of hydrogen-bond donors (Lipinski definition) is 8. The molecule has 0 spiro atoms. The molecule has 0 aliphatic carbocycles. The molecule has 2 aromatic rings. The Bertz CT molecular complexity index is 1330. The molecule has 0 fully saturated rings. The van der Waals surface area contributed by atoms with Crippen LogP contribution >= 0.6 is 23.5 Å². The van der Waals surface area contributed by atoms with Gasteiger partial charge in [0.15, 0.2) is 11.6 Å². The third-order valence-electron chi connectivity index (χ3n) is 6.01. The van der Waals surface area contributed by atoms with E-state index in [1.165, 1.54) is 54.7 Å². The van der Waals surface area contributed by atoms with Crippen molar-refractivity contribution in [1.82, 2.24) is 0 Å². The number of benzene rings is 2. The minimum Gasteiger partial charge on any atom is -0.507 e. The largest absolute Gasteiger partial charge is 0.507 e. The zero-order valence-corrected chi connectivity index (χ0v) is 22.4. The number of aliphatic carboxylic acids is 2. The number of phenols is 2. The molecule has 210 valence electrons. The maximum absolute atomic E-state index is 11.2. The van der Waals surface area contributed by atoms with E-state index >= 15 is 0 Å². The quantitative estimate of drug-likeness (QED) is 0.219. The lowest BCUT2D eigenvalue weighted by Gasteiger charge is -2.12. The van der Waals surface area contributed by atoms with E-state index in [1.54, 1.807) is 0 Å². The van der Waals surface area contributed by atoms with Crippen molar-refractivity contribution < 1.29 is 50.4 Å². The number of carboxylic acid groups (broad SMARTS) is 2. The average molecular weight is 581 g/mol. The van der Waals surface area contributed by atoms with Crippen LogP contribution in [0.25, 0.3) is 0 Å². The first kappa shape index (κ1) is 30.4. The van der Waals surface area contributed by atoms with Gasteiger partial charge < -0.3 is 40.9 Å². The molecule has 2 atom stereocenters. The van der Waals surface area contributed by atoms with Crippen molar-refractivity contribution in [3.05, 3.63) is 57.6 Å². The molecular formula is C25H28N2O10S2. The molecule has 0 amide bonds. The second kappa shape index (κ2) is 12.8. The second-order valence-corrected chi connectivity index (χ2v) is 10.8. The fourth-order valence-corrected chi connectivity index (χ4v) is 5.92. The minimum atomic E-state index is -1.21. The van der Waals surface area contributed by atoms with Crippen LogP contribution in [0.4, 0.5) is 0 Å². The van der Waals surface area contributed by atoms with Gasteiger partial charge in [0.05, 0.1) is 26.4 Å². The van der Waals surface area contributed by atoms with Crippen molar-refractivity contribution >= 4 is 45.5 Å². The van der Waals surface area contributed by atoms with Crippen LogP contribution in [0.3, 0.4) is 0 Å². The van der Waals surface area contributed by atoms with Gasteiger partial charge in [0.2, 0.25) is 0 Å². The molecule has 0 saturated carbocycles. The number of nitrogens with zero attached hydrogens (tertiary/aromatic N) is 2. The summed E-state index contributed by atoms with van der Waals surface area (Å²) in [5.41, 5.74) is 1.38. The number of hydrogen-bond acceptors (Lipinski definition) is 12. The molecule has 8 N–H and O–H groups in total. The summed E-state index contributed by atoms with van der Waals surface area (Å²) in [7, 11) is 0. The predicted octanol–water partition coefficient (Wildman–Crippen LogP) is 1.04. The number of rotatable bonds is 8. The molecule has 2 aliphatic rings. The molecule has 0 aromatic heterocycles. The van der Waals surface area contributed by atoms with Gasteiger partial charge in [-0.25, -0.2) is 9.59 Å². The van der Waals surface area contributed by atoms with Crippen molar-refractivity contribution in [1.29, 1.82) is 0 Å². The van der Waals surface area contributed by atoms with E-state index in [1.807, 2.05) is 0 Å². The van der Waals surface area contributed by atoms with Crippen molar-refractivity contribution in [3.63, 3.8) is 0 Å². The van der Waals surface area contributed by atoms with Gasteiger partial charge in [-0.05, 0) is 53.4 Å². The van der Waals surface area contributed by atoms with Crippen LogP contribution < -0.4 is 0 Å². The zero-order chi connectivity index (χ0) is 28.9. The zero-order valence-electron chi connectivity index (χ0n) is 20.7. The summed E-state index contributed by atoms with van der Waals surface area (Å²) in [5, 5.41) is 75.5. The number of thioether (sulfide) groups is 2. The minimum absolute atomic E-state index is 0.0847. The number of phenolic OH excluding ortho intramolecular Hbond substituents is 2. The maximum atomic E-state index is 11.2. The average Bonchev–Trinajstić information content (AvgIpc) is 3.57. The van der Waals surface area contributed by atoms with Crippen molar-refractivity contribution in [2.24, 2.45) is 9.98 Å². The van der Waals surface area contributed by atoms with Crippen LogP contribution in [-0.4, -0.2) is 86.0 Å². The molecule has 39 heavy (non-hydrogen) atoms. The molecule has 0 saturated heterocycles. The molecular weight excluding hydrogens is 552 g/mol. The molecule has 0 unspecified atom stereocenters. The Labute approximate surface area is 231 Å². The predicted molar refractivity (Wildman–Crippen MR) is 145 cm³/mol. The Morgan fingerprint density at radius 2 is 1.28 bits per heavy atom. The Kier molecular flexibility index (Phi) is 9.98. The molecule has 4 rings (SSSR count). The van der Waals surface area contributed by atoms with Crippen LogP contribution in [0.15, 0.2) is 34.3 Å². The monoisotopic (exact) mass is 580 g/mol. The van der Waals surface area contributed by atoms with Gasteiger partial charge in [0, 0.05) is 22.6 Å². The van der Waals surface area contributed by atoms with Gasteiger partial charge in [-0.3, -0.25) is 9.98 Å². The van der Waals surface area contributed by atoms with Crippen molar-refractivity contribution in [3.8, 4) is 11.5 Å². The topological polar surface area (TPSA) is 221 Å². The summed E-state index contributed by atoms with van der Waals surface area (Å²) < 4.78 is 0. The molecule has 2 aliphatic heterocycles. The van der Waals surface area contributed by atoms with Crippen LogP contribution in [0.2, 0.25) is 0 Å². The number of aliphatic hydroxyl groups excluding tert-OH is 4. The lowest BCUT2D eigenvalue weighted by atomic mass is 10.0. The molecule has 2 aromatic carbocycles. The normalized spacial score (nSPS) is 20.2. The van der Waals surface area contributed by atoms with Gasteiger partial charge in [0.1, 0.15) is 21.6 Å². The highest BCUT2D eigenvalue weighted by Crippen LogP contribution is 2.35. The third-order valence-corrected chi connectivity index (χ3v) is 8.39. The van der Waals surface area contributed by atoms with Gasteiger partial charge in [-0.15, -0.1) is 23.5 Å². The van der Waals surface area contributed by atoms with Crippen LogP contribution in [-0.2, 0) is 36.0 Å². The third kappa shape index (κ3) is 6.72. The first-order chi connectivity index (χ1) is 18.5. The Morgan fingerprint density at radius 3 is 1.67 bits per heavy atom. The van der Waals surface area contributed by atoms with E-state index in [9.17, 15) is 30.0 Å². The molecule has 0 radical (unpaired) electrons. The van der Waals surface area contributed by atoms with E-state index in [2.05, 4.69) is 9.98 Å². The highest BCUT2D eigenvalue weighted by Gasteiger charge is 2.39. The summed E-state index contributed by atoms with van der Waals surface area (Å²) in [4.78, 5) is 30.2. The fourth-order valence-electron chi connectivity index (χ4n) is 3.68. The number of carboxylic acids is 2. The summed E-state index contributed by atoms with van der Waals surface area (Å²) in [6.45, 7) is 0.375. The smallest absolute Gasteiger partial charge is 0.332 e. The van der Waals surface area contributed by atoms with E-state index in [-0.39, 0.29) is 43.7 Å². The molecule has 2 heterocycles. The maximum Gasteiger partial charge on any atom is 0.332 e. The number of aliphatic hydroxyl groups is 4. The van der Waals surface area contributed by atoms with Crippen molar-refractivity contribution in [2.45, 2.75) is 44.9 Å². The summed E-state index contributed by atoms with van der Waals surface area (Å²) in [5.74, 6) is -1.59. The first-order valence-corrected chi connectivity index (χ1v) is 13.5. The van der Waals surface area contributed by atoms with E-state index in [0.29, 0.717) is 49.2 Å². The molecule has 0 bridgehead atoms. The van der Waals surface area contributed by atoms with E-state index in [0.717, 1.165) is 0 Å². The molecule has 14 heteroatoms. The SMILES string of the molecule is C[C@]1(C(=O)O)CSC(c2cc(CO)c(CO)cc2O)=N1.O=C(O)[C@H]1CSC(c2cc(CO)c(CO)cc2O)=N1. The van der Waals surface area contributed by atoms with Gasteiger partial charge in [-0.2, -0.15) is 0 Å². The summed E-state index contributed by atoms with van der Waals surface area (Å²) in [6, 6.07) is 4.96. The lowest BCUT2D eigenvalue weighted by molar-refractivity contribution is -0.141. The van der Waals surface area contributed by atoms with E-state index in [4.69, 9.17) is 20.4 Å². The van der Waals surface area contributed by atoms with Gasteiger partial charge >= 0.3 is 11.9 Å². The van der Waals surface area contributed by atoms with Crippen LogP contribution in [0.5, 0.6) is 11.5 Å². The second-order valence-electron chi connectivity index (χ2n) is 8.79. The Balaban J connectivity index is 0.000000216. The standard InChI is InChI=1S/C13H15NO5S.C12H13NO5S/c1-13(12(18)19)6-20-11(14-13)9-2-7(4-15)8(5-16)3-10(9)17;14-3-6-1-8(10(16)2-7(6)4-15)11-13-9(5-19-11)12(17)18/h2-3,15-17H,4-6H2,1H3,(H,18,19);1-2,9,14-16H,3-5H2,(H,17,18)/t13-;9-/m11/s1. The number of aromatic hydroxyl groups is 2. The van der Waals surface area contributed by atoms with E-state index < -0.39 is 23.5 Å². The number of carbonyl (C=O) groups is 2. The van der Waals surface area contributed by atoms with Gasteiger partial charge in [-0.1, -0.05) is 0 Å². The Hall–Kier alpha value is -3.14. The summed E-state index contributed by atoms with van der Waals surface area (Å²) >= 11 is 2.49. The highest BCUT2D eigenvalue weighted by atomic mass is 32.2. The molecule has 12 nitrogen and oxygen atoms in total. The number of aliphatic imine (C=N–C) groups is 2.